The Morgan fingerprint density at radius 1 is 1.25 bits per heavy atom. The summed E-state index contributed by atoms with van der Waals surface area (Å²) in [6.45, 7) is 6.72. The van der Waals surface area contributed by atoms with Gasteiger partial charge in [0.25, 0.3) is 0 Å². The number of aryl methyl sites for hydroxylation is 1. The molecule has 0 bridgehead atoms. The minimum absolute atomic E-state index is 0.768. The Kier molecular flexibility index (Phi) is 1.89. The second-order valence-corrected chi connectivity index (χ2v) is 3.64. The van der Waals surface area contributed by atoms with Gasteiger partial charge in [-0.15, -0.1) is 0 Å². The van der Waals surface area contributed by atoms with Crippen molar-refractivity contribution < 1.29 is 0 Å². The van der Waals surface area contributed by atoms with E-state index < -0.39 is 0 Å². The summed E-state index contributed by atoms with van der Waals surface area (Å²) in [4.78, 5) is 0. The molecule has 1 nitrogen and oxygen atoms in total. The van der Waals surface area contributed by atoms with E-state index in [0.29, 0.717) is 0 Å². The first-order valence-corrected chi connectivity index (χ1v) is 4.56. The van der Waals surface area contributed by atoms with E-state index in [1.54, 1.807) is 0 Å². The van der Waals surface area contributed by atoms with E-state index in [2.05, 4.69) is 37.4 Å². The van der Waals surface area contributed by atoms with Gasteiger partial charge in [-0.25, -0.2) is 0 Å². The second-order valence-electron chi connectivity index (χ2n) is 3.64. The van der Waals surface area contributed by atoms with E-state index in [1.165, 1.54) is 16.7 Å². The van der Waals surface area contributed by atoms with Crippen LogP contribution in [-0.4, -0.2) is 13.1 Å². The monoisotopic (exact) mass is 161 g/mol. The van der Waals surface area contributed by atoms with Gasteiger partial charge in [-0.05, 0) is 30.5 Å². The zero-order valence-electron chi connectivity index (χ0n) is 7.72. The Balaban J connectivity index is 2.36. The third-order valence-corrected chi connectivity index (χ3v) is 2.87. The van der Waals surface area contributed by atoms with Gasteiger partial charge in [0.05, 0.1) is 0 Å². The van der Waals surface area contributed by atoms with E-state index in [1.807, 2.05) is 0 Å². The third kappa shape index (κ3) is 1.14. The minimum Gasteiger partial charge on any atom is -0.315 e. The van der Waals surface area contributed by atoms with E-state index in [-0.39, 0.29) is 0 Å². The van der Waals surface area contributed by atoms with Crippen LogP contribution in [0.1, 0.15) is 22.6 Å². The molecule has 0 unspecified atom stereocenters. The van der Waals surface area contributed by atoms with Crippen molar-refractivity contribution in [1.29, 1.82) is 0 Å². The molecule has 64 valence electrons. The maximum absolute atomic E-state index is 3.31. The topological polar surface area (TPSA) is 12.0 Å². The van der Waals surface area contributed by atoms with Crippen molar-refractivity contribution in [2.45, 2.75) is 19.8 Å². The highest BCUT2D eigenvalue weighted by atomic mass is 14.9. The molecule has 1 aromatic rings. The smallest absolute Gasteiger partial charge is 0.00912 e. The van der Waals surface area contributed by atoms with Crippen LogP contribution in [0.5, 0.6) is 0 Å². The fourth-order valence-corrected chi connectivity index (χ4v) is 1.72. The van der Waals surface area contributed by atoms with Crippen molar-refractivity contribution in [2.24, 2.45) is 0 Å². The minimum atomic E-state index is 0.768. The Bertz CT molecular complexity index is 287. The SMILES string of the molecule is Cc1cccc(C2CNC2)c1C. The summed E-state index contributed by atoms with van der Waals surface area (Å²) in [5.41, 5.74) is 4.43. The highest BCUT2D eigenvalue weighted by Crippen LogP contribution is 2.24. The summed E-state index contributed by atoms with van der Waals surface area (Å²) in [5.74, 6) is 0.768. The first-order chi connectivity index (χ1) is 5.79. The van der Waals surface area contributed by atoms with Crippen molar-refractivity contribution in [1.82, 2.24) is 5.32 Å². The number of benzene rings is 1. The zero-order chi connectivity index (χ0) is 8.55. The normalized spacial score (nSPS) is 17.5. The molecule has 0 radical (unpaired) electrons. The molecule has 0 amide bonds. The lowest BCUT2D eigenvalue weighted by Gasteiger charge is -2.29. The van der Waals surface area contributed by atoms with Gasteiger partial charge in [-0.3, -0.25) is 0 Å². The van der Waals surface area contributed by atoms with Gasteiger partial charge in [-0.2, -0.15) is 0 Å². The summed E-state index contributed by atoms with van der Waals surface area (Å²) in [6, 6.07) is 6.61. The summed E-state index contributed by atoms with van der Waals surface area (Å²) >= 11 is 0. The van der Waals surface area contributed by atoms with Gasteiger partial charge >= 0.3 is 0 Å². The maximum Gasteiger partial charge on any atom is 0.00912 e. The van der Waals surface area contributed by atoms with Gasteiger partial charge in [0, 0.05) is 19.0 Å². The molecule has 1 heterocycles. The predicted octanol–water partition coefficient (Wildman–Crippen LogP) is 1.99. The Morgan fingerprint density at radius 2 is 2.00 bits per heavy atom. The van der Waals surface area contributed by atoms with Crippen molar-refractivity contribution in [3.8, 4) is 0 Å². The van der Waals surface area contributed by atoms with Crippen LogP contribution >= 0.6 is 0 Å². The molecule has 0 aliphatic carbocycles. The lowest BCUT2D eigenvalue weighted by Crippen LogP contribution is -2.40. The lowest BCUT2D eigenvalue weighted by atomic mass is 9.88. The van der Waals surface area contributed by atoms with E-state index >= 15 is 0 Å². The molecule has 1 aromatic carbocycles. The molecule has 12 heavy (non-hydrogen) atoms. The van der Waals surface area contributed by atoms with Crippen LogP contribution in [0.25, 0.3) is 0 Å². The van der Waals surface area contributed by atoms with Crippen molar-refractivity contribution in [2.75, 3.05) is 13.1 Å². The zero-order valence-corrected chi connectivity index (χ0v) is 7.72. The summed E-state index contributed by atoms with van der Waals surface area (Å²) in [6.07, 6.45) is 0. The molecule has 0 atom stereocenters. The van der Waals surface area contributed by atoms with E-state index in [9.17, 15) is 0 Å². The van der Waals surface area contributed by atoms with Crippen LogP contribution in [0.3, 0.4) is 0 Å². The van der Waals surface area contributed by atoms with Crippen LogP contribution in [0.4, 0.5) is 0 Å². The van der Waals surface area contributed by atoms with Gasteiger partial charge in [0.2, 0.25) is 0 Å². The maximum atomic E-state index is 3.31. The van der Waals surface area contributed by atoms with Gasteiger partial charge in [0.15, 0.2) is 0 Å². The predicted molar refractivity (Wildman–Crippen MR) is 51.5 cm³/mol. The molecule has 1 saturated heterocycles. The number of hydrogen-bond donors (Lipinski definition) is 1. The Morgan fingerprint density at radius 3 is 2.58 bits per heavy atom. The van der Waals surface area contributed by atoms with Crippen LogP contribution in [0.15, 0.2) is 18.2 Å². The lowest BCUT2D eigenvalue weighted by molar-refractivity contribution is 0.446. The molecule has 1 fully saturated rings. The molecule has 1 N–H and O–H groups in total. The van der Waals surface area contributed by atoms with Crippen molar-refractivity contribution in [3.05, 3.63) is 34.9 Å². The fraction of sp³-hybridized carbons (Fsp3) is 0.455. The molecule has 0 spiro atoms. The van der Waals surface area contributed by atoms with Crippen molar-refractivity contribution in [3.63, 3.8) is 0 Å². The highest BCUT2D eigenvalue weighted by Gasteiger charge is 2.20. The fourth-order valence-electron chi connectivity index (χ4n) is 1.72. The van der Waals surface area contributed by atoms with Crippen LogP contribution in [0, 0.1) is 13.8 Å². The second kappa shape index (κ2) is 2.91. The summed E-state index contributed by atoms with van der Waals surface area (Å²) in [7, 11) is 0. The van der Waals surface area contributed by atoms with Crippen LogP contribution < -0.4 is 5.32 Å². The third-order valence-electron chi connectivity index (χ3n) is 2.87. The van der Waals surface area contributed by atoms with Crippen LogP contribution in [-0.2, 0) is 0 Å². The largest absolute Gasteiger partial charge is 0.315 e. The van der Waals surface area contributed by atoms with Gasteiger partial charge < -0.3 is 5.32 Å². The standard InChI is InChI=1S/C11H15N/c1-8-4-3-5-11(9(8)2)10-6-12-7-10/h3-5,10,12H,6-7H2,1-2H3. The first kappa shape index (κ1) is 7.81. The molecule has 1 heteroatoms. The molecular weight excluding hydrogens is 146 g/mol. The molecule has 0 saturated carbocycles. The number of hydrogen-bond acceptors (Lipinski definition) is 1. The van der Waals surface area contributed by atoms with Crippen LogP contribution in [0.2, 0.25) is 0 Å². The van der Waals surface area contributed by atoms with Gasteiger partial charge in [-0.1, -0.05) is 18.2 Å². The summed E-state index contributed by atoms with van der Waals surface area (Å²) < 4.78 is 0. The molecule has 2 rings (SSSR count). The molecule has 1 aliphatic heterocycles. The average Bonchev–Trinajstić information content (AvgIpc) is 1.95. The summed E-state index contributed by atoms with van der Waals surface area (Å²) in [5, 5.41) is 3.31. The highest BCUT2D eigenvalue weighted by molar-refractivity contribution is 5.36. The number of nitrogens with one attached hydrogen (secondary N) is 1. The molecule has 0 aromatic heterocycles. The number of rotatable bonds is 1. The Labute approximate surface area is 73.8 Å². The molecular formula is C11H15N. The van der Waals surface area contributed by atoms with E-state index in [4.69, 9.17) is 0 Å². The average molecular weight is 161 g/mol. The Hall–Kier alpha value is -0.820. The van der Waals surface area contributed by atoms with Gasteiger partial charge in [0.1, 0.15) is 0 Å². The quantitative estimate of drug-likeness (QED) is 0.664. The van der Waals surface area contributed by atoms with E-state index in [0.717, 1.165) is 19.0 Å². The molecule has 1 aliphatic rings. The van der Waals surface area contributed by atoms with Crippen molar-refractivity contribution >= 4 is 0 Å². The first-order valence-electron chi connectivity index (χ1n) is 4.56.